The fraction of sp³-hybridized carbons (Fsp3) is 0.391. The van der Waals surface area contributed by atoms with Gasteiger partial charge in [0.05, 0.1) is 20.9 Å². The van der Waals surface area contributed by atoms with Gasteiger partial charge in [0.25, 0.3) is 0 Å². The molecular weight excluding hydrogens is 466 g/mol. The number of hydrogen-bond acceptors (Lipinski definition) is 6. The van der Waals surface area contributed by atoms with Crippen LogP contribution in [0, 0.1) is 0 Å². The number of carbonyl (C=O) groups is 1. The van der Waals surface area contributed by atoms with Crippen molar-refractivity contribution in [3.05, 3.63) is 54.1 Å². The average Bonchev–Trinajstić information content (AvgIpc) is 3.18. The first-order valence-corrected chi connectivity index (χ1v) is 12.9. The Morgan fingerprint density at radius 3 is 2.44 bits per heavy atom. The van der Waals surface area contributed by atoms with E-state index < -0.39 is 9.84 Å². The third kappa shape index (κ3) is 6.75. The Morgan fingerprint density at radius 1 is 1.06 bits per heavy atom. The van der Waals surface area contributed by atoms with Crippen molar-refractivity contribution in [2.75, 3.05) is 37.8 Å². The van der Waals surface area contributed by atoms with Crippen molar-refractivity contribution in [3.63, 3.8) is 0 Å². The van der Waals surface area contributed by atoms with Crippen molar-refractivity contribution in [2.24, 2.45) is 0 Å². The average molecular weight is 496 g/mol. The Labute approximate surface area is 200 Å². The molecule has 0 saturated carbocycles. The summed E-state index contributed by atoms with van der Waals surface area (Å²) in [5, 5.41) is 0.629. The molecule has 174 valence electrons. The first-order valence-electron chi connectivity index (χ1n) is 10.4. The van der Waals surface area contributed by atoms with Crippen LogP contribution < -0.4 is 4.90 Å². The molecule has 1 aromatic heterocycles. The first-order chi connectivity index (χ1) is 14.8. The fourth-order valence-electron chi connectivity index (χ4n) is 3.27. The molecule has 0 spiro atoms. The van der Waals surface area contributed by atoms with Gasteiger partial charge >= 0.3 is 0 Å². The lowest BCUT2D eigenvalue weighted by atomic mass is 10.2. The molecule has 0 unspecified atom stereocenters. The van der Waals surface area contributed by atoms with Crippen molar-refractivity contribution >= 4 is 54.8 Å². The lowest BCUT2D eigenvalue weighted by Gasteiger charge is -2.21. The molecule has 0 aliphatic rings. The summed E-state index contributed by atoms with van der Waals surface area (Å²) in [6, 6.07) is 14.4. The van der Waals surface area contributed by atoms with E-state index in [1.54, 1.807) is 35.2 Å². The predicted octanol–water partition coefficient (Wildman–Crippen LogP) is 4.43. The number of aromatic nitrogens is 1. The van der Waals surface area contributed by atoms with E-state index in [4.69, 9.17) is 0 Å². The Balaban J connectivity index is 0.00000363. The van der Waals surface area contributed by atoms with E-state index in [1.807, 2.05) is 20.2 Å². The van der Waals surface area contributed by atoms with Crippen molar-refractivity contribution in [2.45, 2.75) is 31.1 Å². The lowest BCUT2D eigenvalue weighted by molar-refractivity contribution is -0.118. The fourth-order valence-corrected chi connectivity index (χ4v) is 5.59. The van der Waals surface area contributed by atoms with Gasteiger partial charge in [0.15, 0.2) is 15.0 Å². The van der Waals surface area contributed by atoms with Gasteiger partial charge in [-0.3, -0.25) is 9.69 Å². The van der Waals surface area contributed by atoms with Crippen molar-refractivity contribution in [1.82, 2.24) is 9.88 Å². The zero-order chi connectivity index (χ0) is 22.4. The zero-order valence-electron chi connectivity index (χ0n) is 18.7. The molecule has 32 heavy (non-hydrogen) atoms. The molecule has 0 radical (unpaired) electrons. The molecule has 3 aromatic rings. The Morgan fingerprint density at radius 2 is 1.78 bits per heavy atom. The summed E-state index contributed by atoms with van der Waals surface area (Å²) in [6.45, 7) is 3.44. The number of nitrogens with zero attached hydrogens (tertiary/aromatic N) is 3. The van der Waals surface area contributed by atoms with Gasteiger partial charge in [0, 0.05) is 13.0 Å². The topological polar surface area (TPSA) is 70.6 Å². The highest BCUT2D eigenvalue weighted by Gasteiger charge is 2.23. The van der Waals surface area contributed by atoms with E-state index in [0.29, 0.717) is 11.7 Å². The van der Waals surface area contributed by atoms with Crippen LogP contribution in [0.25, 0.3) is 10.2 Å². The molecule has 0 atom stereocenters. The molecule has 6 nitrogen and oxygen atoms in total. The normalized spacial score (nSPS) is 11.5. The molecular formula is C23H30ClN3O3S2. The molecule has 3 rings (SSSR count). The van der Waals surface area contributed by atoms with Crippen LogP contribution in [0.2, 0.25) is 0 Å². The number of aryl methyl sites for hydroxylation is 1. The van der Waals surface area contributed by atoms with Gasteiger partial charge in [0.2, 0.25) is 5.91 Å². The van der Waals surface area contributed by atoms with Gasteiger partial charge in [-0.15, -0.1) is 12.4 Å². The number of amides is 1. The first kappa shape index (κ1) is 26.3. The Kier molecular flexibility index (Phi) is 9.64. The highest BCUT2D eigenvalue weighted by molar-refractivity contribution is 7.91. The van der Waals surface area contributed by atoms with Gasteiger partial charge in [-0.25, -0.2) is 13.4 Å². The largest absolute Gasteiger partial charge is 0.309 e. The molecule has 0 saturated heterocycles. The third-order valence-electron chi connectivity index (χ3n) is 5.06. The second-order valence-electron chi connectivity index (χ2n) is 7.74. The van der Waals surface area contributed by atoms with Crippen LogP contribution >= 0.6 is 23.7 Å². The van der Waals surface area contributed by atoms with E-state index in [0.717, 1.165) is 29.6 Å². The molecule has 0 bridgehead atoms. The Bertz CT molecular complexity index is 1130. The van der Waals surface area contributed by atoms with E-state index in [2.05, 4.69) is 28.9 Å². The number of anilines is 1. The monoisotopic (exact) mass is 495 g/mol. The summed E-state index contributed by atoms with van der Waals surface area (Å²) >= 11 is 1.48. The maximum atomic E-state index is 13.1. The third-order valence-corrected chi connectivity index (χ3v) is 7.83. The summed E-state index contributed by atoms with van der Waals surface area (Å²) in [5.74, 6) is -0.432. The van der Waals surface area contributed by atoms with E-state index in [9.17, 15) is 13.2 Å². The van der Waals surface area contributed by atoms with Gasteiger partial charge in [-0.2, -0.15) is 0 Å². The molecule has 0 aliphatic heterocycles. The van der Waals surface area contributed by atoms with E-state index >= 15 is 0 Å². The van der Waals surface area contributed by atoms with Crippen LogP contribution in [0.4, 0.5) is 5.13 Å². The van der Waals surface area contributed by atoms with Crippen molar-refractivity contribution in [3.8, 4) is 0 Å². The van der Waals surface area contributed by atoms with Gasteiger partial charge in [-0.05, 0) is 63.3 Å². The van der Waals surface area contributed by atoms with E-state index in [1.165, 1.54) is 16.9 Å². The number of sulfone groups is 1. The molecule has 0 aliphatic carbocycles. The van der Waals surface area contributed by atoms with Crippen molar-refractivity contribution in [1.29, 1.82) is 0 Å². The molecule has 0 N–H and O–H groups in total. The minimum absolute atomic E-state index is 0. The highest BCUT2D eigenvalue weighted by atomic mass is 35.5. The van der Waals surface area contributed by atoms with Crippen LogP contribution in [0.3, 0.4) is 0 Å². The standard InChI is InChI=1S/C23H29N3O3S2.ClH/c1-4-18-11-12-20-21(17-18)30-23(24-20)26(15-8-14-25(2)3)22(27)13-16-31(28,29)19-9-6-5-7-10-19;/h5-7,9-12,17H,4,8,13-16H2,1-3H3;1H. The van der Waals surface area contributed by atoms with Crippen LogP contribution in [-0.4, -0.2) is 57.1 Å². The summed E-state index contributed by atoms with van der Waals surface area (Å²) in [5.41, 5.74) is 2.08. The number of benzene rings is 2. The number of carbonyl (C=O) groups excluding carboxylic acids is 1. The lowest BCUT2D eigenvalue weighted by Crippen LogP contribution is -2.34. The second kappa shape index (κ2) is 11.7. The van der Waals surface area contributed by atoms with Crippen molar-refractivity contribution < 1.29 is 13.2 Å². The molecule has 2 aromatic carbocycles. The second-order valence-corrected chi connectivity index (χ2v) is 10.9. The molecule has 1 amide bonds. The number of thiazole rings is 1. The number of fused-ring (bicyclic) bond motifs is 1. The summed E-state index contributed by atoms with van der Waals surface area (Å²) in [7, 11) is 0.466. The van der Waals surface area contributed by atoms with Crippen LogP contribution in [0.15, 0.2) is 53.4 Å². The van der Waals surface area contributed by atoms with Crippen LogP contribution in [0.5, 0.6) is 0 Å². The Hall–Kier alpha value is -2.00. The smallest absolute Gasteiger partial charge is 0.229 e. The van der Waals surface area contributed by atoms with E-state index in [-0.39, 0.29) is 35.4 Å². The molecule has 9 heteroatoms. The summed E-state index contributed by atoms with van der Waals surface area (Å²) in [4.78, 5) is 21.7. The van der Waals surface area contributed by atoms with Crippen LogP contribution in [0.1, 0.15) is 25.3 Å². The summed E-state index contributed by atoms with van der Waals surface area (Å²) < 4.78 is 26.3. The van der Waals surface area contributed by atoms with Gasteiger partial charge < -0.3 is 4.90 Å². The maximum absolute atomic E-state index is 13.1. The predicted molar refractivity (Wildman–Crippen MR) is 135 cm³/mol. The molecule has 1 heterocycles. The molecule has 0 fully saturated rings. The summed E-state index contributed by atoms with van der Waals surface area (Å²) in [6.07, 6.45) is 1.64. The number of halogens is 1. The highest BCUT2D eigenvalue weighted by Crippen LogP contribution is 2.30. The quantitative estimate of drug-likeness (QED) is 0.416. The van der Waals surface area contributed by atoms with Gasteiger partial charge in [-0.1, -0.05) is 42.5 Å². The number of rotatable bonds is 10. The zero-order valence-corrected chi connectivity index (χ0v) is 21.1. The van der Waals surface area contributed by atoms with Gasteiger partial charge in [0.1, 0.15) is 0 Å². The maximum Gasteiger partial charge on any atom is 0.229 e. The SMILES string of the molecule is CCc1ccc2nc(N(CCCN(C)C)C(=O)CCS(=O)(=O)c3ccccc3)sc2c1.Cl. The number of hydrogen-bond donors (Lipinski definition) is 0. The minimum Gasteiger partial charge on any atom is -0.309 e. The minimum atomic E-state index is -3.51. The van der Waals surface area contributed by atoms with Crippen LogP contribution in [-0.2, 0) is 21.1 Å².